The van der Waals surface area contributed by atoms with Crippen LogP contribution in [-0.4, -0.2) is 47.5 Å². The molecule has 0 radical (unpaired) electrons. The van der Waals surface area contributed by atoms with Gasteiger partial charge in [0, 0.05) is 49.3 Å². The Morgan fingerprint density at radius 1 is 1.20 bits per heavy atom. The Morgan fingerprint density at radius 3 is 2.87 bits per heavy atom. The largest absolute Gasteiger partial charge is 0.361 e. The molecule has 0 spiro atoms. The number of H-pyrrole nitrogens is 1. The van der Waals surface area contributed by atoms with Gasteiger partial charge < -0.3 is 9.55 Å². The molecule has 1 fully saturated rings. The summed E-state index contributed by atoms with van der Waals surface area (Å²) in [5.74, 6) is 0. The summed E-state index contributed by atoms with van der Waals surface area (Å²) in [5.41, 5.74) is 3.03. The van der Waals surface area contributed by atoms with Crippen LogP contribution in [0.15, 0.2) is 60.0 Å². The van der Waals surface area contributed by atoms with Crippen molar-refractivity contribution in [2.75, 3.05) is 19.6 Å². The number of sulfonamides is 1. The summed E-state index contributed by atoms with van der Waals surface area (Å²) >= 11 is 0. The van der Waals surface area contributed by atoms with Gasteiger partial charge in [0.15, 0.2) is 0 Å². The van der Waals surface area contributed by atoms with Gasteiger partial charge in [-0.25, -0.2) is 13.1 Å². The maximum Gasteiger partial charge on any atom is 0.240 e. The highest BCUT2D eigenvalue weighted by Crippen LogP contribution is 2.31. The molecule has 0 saturated carbocycles. The van der Waals surface area contributed by atoms with Crippen LogP contribution in [0.3, 0.4) is 0 Å². The van der Waals surface area contributed by atoms with Gasteiger partial charge in [-0.15, -0.1) is 0 Å². The van der Waals surface area contributed by atoms with Crippen molar-refractivity contribution < 1.29 is 8.42 Å². The van der Waals surface area contributed by atoms with Crippen LogP contribution >= 0.6 is 0 Å². The van der Waals surface area contributed by atoms with Crippen LogP contribution < -0.4 is 4.72 Å². The molecule has 1 saturated heterocycles. The molecule has 3 aromatic heterocycles. The topological polar surface area (TPSA) is 83.0 Å². The fraction of sp³-hybridized carbons (Fsp3) is 0.318. The zero-order chi connectivity index (χ0) is 20.7. The lowest BCUT2D eigenvalue weighted by Crippen LogP contribution is -2.36. The lowest BCUT2D eigenvalue weighted by atomic mass is 10.1. The SMILES string of the molecule is Cn1cc([C@@H](CNS(=O)(=O)c2ccc3cc[nH]c3c2)N2CCCC2)c2cnccc21. The molecule has 0 amide bonds. The number of nitrogens with zero attached hydrogens (tertiary/aromatic N) is 3. The number of rotatable bonds is 6. The second-order valence-corrected chi connectivity index (χ2v) is 9.69. The van der Waals surface area contributed by atoms with E-state index in [1.807, 2.05) is 37.6 Å². The van der Waals surface area contributed by atoms with E-state index in [2.05, 4.69) is 30.4 Å². The number of likely N-dealkylation sites (tertiary alicyclic amines) is 1. The van der Waals surface area contributed by atoms with E-state index in [-0.39, 0.29) is 10.9 Å². The third-order valence-corrected chi connectivity index (χ3v) is 7.49. The molecule has 1 aromatic carbocycles. The number of hydrogen-bond acceptors (Lipinski definition) is 4. The molecule has 1 atom stereocenters. The molecule has 5 rings (SSSR count). The average Bonchev–Trinajstić information content (AvgIpc) is 3.49. The van der Waals surface area contributed by atoms with Gasteiger partial charge in [-0.05, 0) is 61.1 Å². The quantitative estimate of drug-likeness (QED) is 0.499. The highest BCUT2D eigenvalue weighted by atomic mass is 32.2. The van der Waals surface area contributed by atoms with Crippen molar-refractivity contribution in [1.82, 2.24) is 24.2 Å². The van der Waals surface area contributed by atoms with Crippen LogP contribution in [0.25, 0.3) is 21.8 Å². The van der Waals surface area contributed by atoms with Gasteiger partial charge in [0.2, 0.25) is 10.0 Å². The predicted octanol–water partition coefficient (Wildman–Crippen LogP) is 3.17. The van der Waals surface area contributed by atoms with Crippen molar-refractivity contribution in [1.29, 1.82) is 0 Å². The van der Waals surface area contributed by atoms with Crippen molar-refractivity contribution in [2.45, 2.75) is 23.8 Å². The van der Waals surface area contributed by atoms with E-state index in [9.17, 15) is 8.42 Å². The third kappa shape index (κ3) is 3.40. The zero-order valence-corrected chi connectivity index (χ0v) is 17.7. The minimum atomic E-state index is -3.63. The van der Waals surface area contributed by atoms with Gasteiger partial charge in [0.25, 0.3) is 0 Å². The molecule has 1 aliphatic rings. The van der Waals surface area contributed by atoms with E-state index in [0.717, 1.165) is 53.3 Å². The van der Waals surface area contributed by atoms with Crippen LogP contribution in [0.2, 0.25) is 0 Å². The molecular weight excluding hydrogens is 398 g/mol. The first-order valence-electron chi connectivity index (χ1n) is 10.2. The molecule has 8 heteroatoms. The monoisotopic (exact) mass is 423 g/mol. The van der Waals surface area contributed by atoms with Crippen molar-refractivity contribution in [2.24, 2.45) is 7.05 Å². The second kappa shape index (κ2) is 7.54. The summed E-state index contributed by atoms with van der Waals surface area (Å²) in [6.07, 6.45) is 9.85. The number of aryl methyl sites for hydroxylation is 1. The average molecular weight is 424 g/mol. The van der Waals surface area contributed by atoms with E-state index in [4.69, 9.17) is 0 Å². The van der Waals surface area contributed by atoms with Gasteiger partial charge >= 0.3 is 0 Å². The normalized spacial score (nSPS) is 16.6. The summed E-state index contributed by atoms with van der Waals surface area (Å²) in [4.78, 5) is 10.0. The molecule has 4 heterocycles. The van der Waals surface area contributed by atoms with E-state index in [1.54, 1.807) is 18.3 Å². The molecular formula is C22H25N5O2S. The van der Waals surface area contributed by atoms with Crippen LogP contribution in [0.1, 0.15) is 24.4 Å². The number of aromatic nitrogens is 3. The summed E-state index contributed by atoms with van der Waals surface area (Å²) in [7, 11) is -1.61. The van der Waals surface area contributed by atoms with E-state index in [1.165, 1.54) is 0 Å². The van der Waals surface area contributed by atoms with Crippen LogP contribution in [0.4, 0.5) is 0 Å². The molecule has 2 N–H and O–H groups in total. The van der Waals surface area contributed by atoms with Crippen LogP contribution in [0, 0.1) is 0 Å². The lowest BCUT2D eigenvalue weighted by Gasteiger charge is -2.27. The number of pyridine rings is 1. The second-order valence-electron chi connectivity index (χ2n) is 7.93. The summed E-state index contributed by atoms with van der Waals surface area (Å²) in [6.45, 7) is 2.26. The maximum atomic E-state index is 13.1. The molecule has 7 nitrogen and oxygen atoms in total. The van der Waals surface area contributed by atoms with Crippen molar-refractivity contribution >= 4 is 31.8 Å². The van der Waals surface area contributed by atoms with Gasteiger partial charge in [-0.1, -0.05) is 6.07 Å². The Kier molecular flexibility index (Phi) is 4.85. The van der Waals surface area contributed by atoms with Gasteiger partial charge in [-0.2, -0.15) is 0 Å². The van der Waals surface area contributed by atoms with Gasteiger partial charge in [0.05, 0.1) is 16.5 Å². The molecule has 30 heavy (non-hydrogen) atoms. The zero-order valence-electron chi connectivity index (χ0n) is 16.9. The fourth-order valence-electron chi connectivity index (χ4n) is 4.49. The first-order chi connectivity index (χ1) is 14.5. The van der Waals surface area contributed by atoms with E-state index in [0.29, 0.717) is 6.54 Å². The predicted molar refractivity (Wildman–Crippen MR) is 118 cm³/mol. The highest BCUT2D eigenvalue weighted by molar-refractivity contribution is 7.89. The first-order valence-corrected chi connectivity index (χ1v) is 11.7. The summed E-state index contributed by atoms with van der Waals surface area (Å²) in [6, 6.07) is 9.06. The summed E-state index contributed by atoms with van der Waals surface area (Å²) < 4.78 is 31.1. The Labute approximate surface area is 175 Å². The standard InChI is InChI=1S/C22H25N5O2S/c1-26-15-19(18-13-23-8-7-21(18)26)22(27-10-2-3-11-27)14-25-30(28,29)17-5-4-16-6-9-24-20(16)12-17/h4-9,12-13,15,22,24-25H,2-3,10-11,14H2,1H3/t22-/m1/s1. The molecule has 0 bridgehead atoms. The third-order valence-electron chi connectivity index (χ3n) is 6.07. The summed E-state index contributed by atoms with van der Waals surface area (Å²) in [5, 5.41) is 2.07. The molecule has 0 unspecified atom stereocenters. The van der Waals surface area contributed by atoms with Crippen molar-refractivity contribution in [3.8, 4) is 0 Å². The Balaban J connectivity index is 1.46. The van der Waals surface area contributed by atoms with Crippen LogP contribution in [-0.2, 0) is 17.1 Å². The van der Waals surface area contributed by atoms with Crippen LogP contribution in [0.5, 0.6) is 0 Å². The van der Waals surface area contributed by atoms with Crippen molar-refractivity contribution in [3.05, 3.63) is 60.7 Å². The number of benzene rings is 1. The number of hydrogen-bond donors (Lipinski definition) is 2. The molecule has 4 aromatic rings. The minimum absolute atomic E-state index is 0.0376. The number of aromatic amines is 1. The molecule has 1 aliphatic heterocycles. The first kappa shape index (κ1) is 19.3. The van der Waals surface area contributed by atoms with E-state index < -0.39 is 10.0 Å². The Hall–Kier alpha value is -2.68. The van der Waals surface area contributed by atoms with Crippen molar-refractivity contribution in [3.63, 3.8) is 0 Å². The smallest absolute Gasteiger partial charge is 0.240 e. The van der Waals surface area contributed by atoms with Gasteiger partial charge in [0.1, 0.15) is 0 Å². The highest BCUT2D eigenvalue weighted by Gasteiger charge is 2.28. The van der Waals surface area contributed by atoms with Gasteiger partial charge in [-0.3, -0.25) is 9.88 Å². The lowest BCUT2D eigenvalue weighted by molar-refractivity contribution is 0.247. The molecule has 156 valence electrons. The minimum Gasteiger partial charge on any atom is -0.361 e. The van der Waals surface area contributed by atoms with E-state index >= 15 is 0 Å². The molecule has 0 aliphatic carbocycles. The number of fused-ring (bicyclic) bond motifs is 2. The number of nitrogens with one attached hydrogen (secondary N) is 2. The Bertz CT molecular complexity index is 1300. The fourth-order valence-corrected chi connectivity index (χ4v) is 5.55. The Morgan fingerprint density at radius 2 is 2.03 bits per heavy atom. The maximum absolute atomic E-state index is 13.1.